The number of aryl methyl sites for hydroxylation is 2. The second-order valence-electron chi connectivity index (χ2n) is 8.88. The number of rotatable bonds is 7. The highest BCUT2D eigenvalue weighted by molar-refractivity contribution is 5.95. The van der Waals surface area contributed by atoms with Gasteiger partial charge in [0.1, 0.15) is 5.56 Å². The van der Waals surface area contributed by atoms with E-state index in [-0.39, 0.29) is 23.5 Å². The predicted octanol–water partition coefficient (Wildman–Crippen LogP) is 2.75. The fraction of sp³-hybridized carbons (Fsp3) is 0.520. The molecule has 0 radical (unpaired) electrons. The molecular weight excluding hydrogens is 390 g/mol. The number of carbonyl (C=O) groups excluding carboxylic acids is 1. The number of morpholine rings is 1. The Kier molecular flexibility index (Phi) is 7.68. The molecule has 2 aromatic rings. The van der Waals surface area contributed by atoms with Crippen LogP contribution >= 0.6 is 0 Å². The Morgan fingerprint density at radius 1 is 1.10 bits per heavy atom. The van der Waals surface area contributed by atoms with E-state index in [1.54, 1.807) is 11.0 Å². The van der Waals surface area contributed by atoms with E-state index in [9.17, 15) is 9.59 Å². The third kappa shape index (κ3) is 5.83. The van der Waals surface area contributed by atoms with Crippen LogP contribution in [0.25, 0.3) is 0 Å². The molecule has 0 spiro atoms. The molecule has 1 fully saturated rings. The zero-order chi connectivity index (χ0) is 22.5. The molecule has 1 aromatic heterocycles. The quantitative estimate of drug-likeness (QED) is 0.685. The number of nitrogens with zero attached hydrogens (tertiary/aromatic N) is 3. The van der Waals surface area contributed by atoms with Gasteiger partial charge in [0.15, 0.2) is 5.43 Å². The van der Waals surface area contributed by atoms with Crippen LogP contribution in [0.1, 0.15) is 41.2 Å². The summed E-state index contributed by atoms with van der Waals surface area (Å²) in [6.45, 7) is 8.48. The van der Waals surface area contributed by atoms with Gasteiger partial charge in [0.25, 0.3) is 5.91 Å². The highest BCUT2D eigenvalue weighted by Crippen LogP contribution is 2.18. The molecule has 1 amide bonds. The smallest absolute Gasteiger partial charge is 0.259 e. The third-order valence-corrected chi connectivity index (χ3v) is 5.81. The van der Waals surface area contributed by atoms with Gasteiger partial charge < -0.3 is 19.1 Å². The molecule has 1 aromatic carbocycles. The van der Waals surface area contributed by atoms with Gasteiger partial charge in [-0.1, -0.05) is 30.3 Å². The first kappa shape index (κ1) is 23.2. The summed E-state index contributed by atoms with van der Waals surface area (Å²) < 4.78 is 7.95. The molecule has 0 aliphatic carbocycles. The van der Waals surface area contributed by atoms with Crippen LogP contribution in [-0.4, -0.2) is 66.2 Å². The molecule has 168 valence electrons. The first-order valence-corrected chi connectivity index (χ1v) is 11.1. The number of amides is 1. The summed E-state index contributed by atoms with van der Waals surface area (Å²) in [5.74, 6) is -0.173. The van der Waals surface area contributed by atoms with Crippen LogP contribution in [0.15, 0.2) is 41.2 Å². The van der Waals surface area contributed by atoms with Gasteiger partial charge in [0.05, 0.1) is 12.2 Å². The van der Waals surface area contributed by atoms with Crippen molar-refractivity contribution < 1.29 is 9.53 Å². The van der Waals surface area contributed by atoms with Crippen molar-refractivity contribution in [1.29, 1.82) is 0 Å². The zero-order valence-corrected chi connectivity index (χ0v) is 19.4. The third-order valence-electron chi connectivity index (χ3n) is 5.81. The summed E-state index contributed by atoms with van der Waals surface area (Å²) >= 11 is 0. The Morgan fingerprint density at radius 3 is 2.35 bits per heavy atom. The Balaban J connectivity index is 2.02. The predicted molar refractivity (Wildman–Crippen MR) is 124 cm³/mol. The molecule has 1 aliphatic rings. The van der Waals surface area contributed by atoms with Gasteiger partial charge in [-0.15, -0.1) is 0 Å². The van der Waals surface area contributed by atoms with Crippen LogP contribution in [0, 0.1) is 6.92 Å². The lowest BCUT2D eigenvalue weighted by molar-refractivity contribution is -0.0586. The molecule has 6 nitrogen and oxygen atoms in total. The van der Waals surface area contributed by atoms with E-state index in [2.05, 4.69) is 21.6 Å². The van der Waals surface area contributed by atoms with Crippen molar-refractivity contribution in [2.24, 2.45) is 0 Å². The van der Waals surface area contributed by atoms with Crippen molar-refractivity contribution in [2.75, 3.05) is 33.7 Å². The highest BCUT2D eigenvalue weighted by Gasteiger charge is 2.30. The topological polar surface area (TPSA) is 54.8 Å². The summed E-state index contributed by atoms with van der Waals surface area (Å²) in [6, 6.07) is 11.8. The summed E-state index contributed by atoms with van der Waals surface area (Å²) in [6.07, 6.45) is 1.34. The van der Waals surface area contributed by atoms with Gasteiger partial charge in [0.2, 0.25) is 0 Å². The van der Waals surface area contributed by atoms with E-state index in [1.165, 1.54) is 5.56 Å². The number of pyridine rings is 1. The zero-order valence-electron chi connectivity index (χ0n) is 19.4. The molecule has 1 aliphatic heterocycles. The van der Waals surface area contributed by atoms with Crippen molar-refractivity contribution in [1.82, 2.24) is 14.4 Å². The largest absolute Gasteiger partial charge is 0.372 e. The van der Waals surface area contributed by atoms with Crippen molar-refractivity contribution in [3.8, 4) is 0 Å². The second kappa shape index (κ2) is 10.2. The normalized spacial score (nSPS) is 19.1. The molecule has 0 bridgehead atoms. The number of likely N-dealkylation sites (N-methyl/N-ethyl adjacent to an activating group) is 1. The van der Waals surface area contributed by atoms with Crippen molar-refractivity contribution in [3.63, 3.8) is 0 Å². The number of ether oxygens (including phenoxy) is 1. The van der Waals surface area contributed by atoms with Crippen LogP contribution in [0.5, 0.6) is 0 Å². The van der Waals surface area contributed by atoms with E-state index in [0.717, 1.165) is 30.9 Å². The average Bonchev–Trinajstić information content (AvgIpc) is 2.71. The minimum absolute atomic E-state index is 0.0399. The second-order valence-corrected chi connectivity index (χ2v) is 8.88. The molecule has 0 unspecified atom stereocenters. The first-order chi connectivity index (χ1) is 14.8. The molecule has 2 atom stereocenters. The minimum Gasteiger partial charge on any atom is -0.372 e. The SMILES string of the molecule is Cc1cc(=O)c(C(=O)N2C[C@@H](C)O[C@@H](C)C2)c(CCc2ccccc2)n1CCN(C)C. The Morgan fingerprint density at radius 2 is 1.74 bits per heavy atom. The lowest BCUT2D eigenvalue weighted by Crippen LogP contribution is -2.49. The summed E-state index contributed by atoms with van der Waals surface area (Å²) in [5.41, 5.74) is 3.07. The highest BCUT2D eigenvalue weighted by atomic mass is 16.5. The fourth-order valence-electron chi connectivity index (χ4n) is 4.34. The molecule has 2 heterocycles. The van der Waals surface area contributed by atoms with Crippen LogP contribution in [0.2, 0.25) is 0 Å². The number of benzene rings is 1. The molecular formula is C25H35N3O3. The van der Waals surface area contributed by atoms with Gasteiger partial charge in [-0.2, -0.15) is 0 Å². The van der Waals surface area contributed by atoms with Gasteiger partial charge in [-0.3, -0.25) is 9.59 Å². The van der Waals surface area contributed by atoms with Crippen LogP contribution in [0.4, 0.5) is 0 Å². The van der Waals surface area contributed by atoms with Crippen molar-refractivity contribution in [2.45, 2.75) is 52.4 Å². The monoisotopic (exact) mass is 425 g/mol. The van der Waals surface area contributed by atoms with Gasteiger partial charge in [0, 0.05) is 43.6 Å². The summed E-state index contributed by atoms with van der Waals surface area (Å²) in [7, 11) is 4.06. The average molecular weight is 426 g/mol. The molecule has 0 saturated carbocycles. The minimum atomic E-state index is -0.182. The van der Waals surface area contributed by atoms with E-state index in [4.69, 9.17) is 4.74 Å². The fourth-order valence-corrected chi connectivity index (χ4v) is 4.34. The molecule has 0 N–H and O–H groups in total. The van der Waals surface area contributed by atoms with Gasteiger partial charge in [-0.25, -0.2) is 0 Å². The van der Waals surface area contributed by atoms with Gasteiger partial charge in [-0.05, 0) is 53.3 Å². The Labute approximate surface area is 185 Å². The van der Waals surface area contributed by atoms with Crippen molar-refractivity contribution >= 4 is 5.91 Å². The molecule has 6 heteroatoms. The lowest BCUT2D eigenvalue weighted by atomic mass is 10.0. The summed E-state index contributed by atoms with van der Waals surface area (Å²) in [5, 5.41) is 0. The molecule has 3 rings (SSSR count). The molecule has 31 heavy (non-hydrogen) atoms. The Bertz CT molecular complexity index is 942. The Hall–Kier alpha value is -2.44. The van der Waals surface area contributed by atoms with E-state index >= 15 is 0 Å². The van der Waals surface area contributed by atoms with Gasteiger partial charge >= 0.3 is 0 Å². The van der Waals surface area contributed by atoms with Crippen LogP contribution < -0.4 is 5.43 Å². The first-order valence-electron chi connectivity index (χ1n) is 11.1. The number of hydrogen-bond donors (Lipinski definition) is 0. The summed E-state index contributed by atoms with van der Waals surface area (Å²) in [4.78, 5) is 30.6. The maximum atomic E-state index is 13.6. The number of hydrogen-bond acceptors (Lipinski definition) is 4. The lowest BCUT2D eigenvalue weighted by Gasteiger charge is -2.35. The maximum absolute atomic E-state index is 13.6. The van der Waals surface area contributed by atoms with Crippen LogP contribution in [-0.2, 0) is 24.1 Å². The maximum Gasteiger partial charge on any atom is 0.259 e. The number of carbonyl (C=O) groups is 1. The van der Waals surface area contributed by atoms with Crippen molar-refractivity contribution in [3.05, 3.63) is 69.1 Å². The molecule has 1 saturated heterocycles. The standard InChI is InChI=1S/C25H35N3O3/c1-18-15-23(29)24(25(30)27-16-19(2)31-20(3)17-27)22(28(18)14-13-26(4)5)12-11-21-9-7-6-8-10-21/h6-10,15,19-20H,11-14,16-17H2,1-5H3/t19-,20+. The van der Waals surface area contributed by atoms with E-state index in [1.807, 2.05) is 53.1 Å². The number of aromatic nitrogens is 1. The van der Waals surface area contributed by atoms with E-state index < -0.39 is 0 Å². The van der Waals surface area contributed by atoms with Crippen LogP contribution in [0.3, 0.4) is 0 Å². The van der Waals surface area contributed by atoms with E-state index in [0.29, 0.717) is 25.1 Å².